The fourth-order valence-corrected chi connectivity index (χ4v) is 4.26. The number of methoxy groups -OCH3 is 2. The van der Waals surface area contributed by atoms with E-state index in [1.165, 1.54) is 30.7 Å². The van der Waals surface area contributed by atoms with Crippen molar-refractivity contribution in [3.63, 3.8) is 0 Å². The van der Waals surface area contributed by atoms with Crippen molar-refractivity contribution in [2.45, 2.75) is 25.2 Å². The molecule has 2 aromatic carbocycles. The van der Waals surface area contributed by atoms with Gasteiger partial charge in [-0.2, -0.15) is 4.31 Å². The van der Waals surface area contributed by atoms with E-state index in [4.69, 9.17) is 9.47 Å². The van der Waals surface area contributed by atoms with Crippen LogP contribution < -0.4 is 14.8 Å². The number of carbonyl (C=O) groups excluding carboxylic acids is 1. The van der Waals surface area contributed by atoms with Gasteiger partial charge in [0.15, 0.2) is 11.5 Å². The van der Waals surface area contributed by atoms with E-state index >= 15 is 0 Å². The van der Waals surface area contributed by atoms with Gasteiger partial charge in [-0.25, -0.2) is 8.42 Å². The zero-order valence-electron chi connectivity index (χ0n) is 17.9. The molecular formula is C22H30N2O5S. The first-order chi connectivity index (χ1) is 14.3. The molecule has 0 aliphatic heterocycles. The molecule has 0 radical (unpaired) electrons. The summed E-state index contributed by atoms with van der Waals surface area (Å²) in [5.41, 5.74) is 0.993. The van der Waals surface area contributed by atoms with Crippen molar-refractivity contribution in [3.05, 3.63) is 54.1 Å². The van der Waals surface area contributed by atoms with Crippen molar-refractivity contribution in [2.24, 2.45) is 5.92 Å². The number of amides is 1. The average molecular weight is 435 g/mol. The Balaban J connectivity index is 2.29. The molecule has 0 heterocycles. The van der Waals surface area contributed by atoms with Crippen LogP contribution in [0.1, 0.15) is 19.4 Å². The second kappa shape index (κ2) is 11.0. The van der Waals surface area contributed by atoms with Crippen LogP contribution in [0.5, 0.6) is 11.5 Å². The highest BCUT2D eigenvalue weighted by atomic mass is 32.2. The number of ether oxygens (including phenoxy) is 2. The molecule has 164 valence electrons. The standard InChI is InChI=1S/C22H30N2O5S/c1-17(2)15-23-22(25)16-24(13-12-18-8-6-5-7-9-18)30(26,27)19-10-11-20(28-3)21(14-19)29-4/h5-11,14,17H,12-13,15-16H2,1-4H3,(H,23,25). The smallest absolute Gasteiger partial charge is 0.243 e. The van der Waals surface area contributed by atoms with Gasteiger partial charge in [-0.3, -0.25) is 4.79 Å². The van der Waals surface area contributed by atoms with Crippen LogP contribution in [-0.2, 0) is 21.2 Å². The molecule has 0 unspecified atom stereocenters. The summed E-state index contributed by atoms with van der Waals surface area (Å²) >= 11 is 0. The third-order valence-electron chi connectivity index (χ3n) is 4.51. The van der Waals surface area contributed by atoms with Crippen LogP contribution in [0, 0.1) is 5.92 Å². The van der Waals surface area contributed by atoms with Gasteiger partial charge < -0.3 is 14.8 Å². The molecule has 0 aromatic heterocycles. The van der Waals surface area contributed by atoms with E-state index in [2.05, 4.69) is 5.32 Å². The van der Waals surface area contributed by atoms with Gasteiger partial charge in [0.25, 0.3) is 0 Å². The number of carbonyl (C=O) groups is 1. The quantitative estimate of drug-likeness (QED) is 0.588. The predicted octanol–water partition coefficient (Wildman–Crippen LogP) is 2.71. The van der Waals surface area contributed by atoms with Crippen LogP contribution in [0.25, 0.3) is 0 Å². The predicted molar refractivity (Wildman–Crippen MR) is 116 cm³/mol. The van der Waals surface area contributed by atoms with Crippen LogP contribution >= 0.6 is 0 Å². The summed E-state index contributed by atoms with van der Waals surface area (Å²) in [6.45, 7) is 4.37. The first-order valence-electron chi connectivity index (χ1n) is 9.80. The van der Waals surface area contributed by atoms with Crippen LogP contribution in [0.15, 0.2) is 53.4 Å². The van der Waals surface area contributed by atoms with Gasteiger partial charge in [0.1, 0.15) is 0 Å². The Morgan fingerprint density at radius 2 is 1.70 bits per heavy atom. The van der Waals surface area contributed by atoms with Crippen molar-refractivity contribution >= 4 is 15.9 Å². The van der Waals surface area contributed by atoms with Crippen LogP contribution in [-0.4, -0.2) is 52.5 Å². The highest BCUT2D eigenvalue weighted by Crippen LogP contribution is 2.30. The third-order valence-corrected chi connectivity index (χ3v) is 6.35. The second-order valence-electron chi connectivity index (χ2n) is 7.29. The van der Waals surface area contributed by atoms with Crippen LogP contribution in [0.4, 0.5) is 0 Å². The molecule has 0 aliphatic rings. The normalized spacial score (nSPS) is 11.5. The zero-order chi connectivity index (χ0) is 22.1. The van der Waals surface area contributed by atoms with Gasteiger partial charge in [0.2, 0.25) is 15.9 Å². The van der Waals surface area contributed by atoms with Gasteiger partial charge in [-0.15, -0.1) is 0 Å². The number of hydrogen-bond acceptors (Lipinski definition) is 5. The Bertz CT molecular complexity index is 930. The lowest BCUT2D eigenvalue weighted by Gasteiger charge is -2.23. The Kier molecular flexibility index (Phi) is 8.68. The summed E-state index contributed by atoms with van der Waals surface area (Å²) < 4.78 is 38.3. The number of benzene rings is 2. The van der Waals surface area contributed by atoms with E-state index in [0.717, 1.165) is 5.56 Å². The third kappa shape index (κ3) is 6.47. The molecule has 1 amide bonds. The molecule has 1 N–H and O–H groups in total. The zero-order valence-corrected chi connectivity index (χ0v) is 18.7. The Morgan fingerprint density at radius 1 is 1.03 bits per heavy atom. The molecule has 0 saturated heterocycles. The van der Waals surface area contributed by atoms with Gasteiger partial charge in [-0.05, 0) is 30.0 Å². The highest BCUT2D eigenvalue weighted by molar-refractivity contribution is 7.89. The summed E-state index contributed by atoms with van der Waals surface area (Å²) in [4.78, 5) is 12.5. The fourth-order valence-electron chi connectivity index (χ4n) is 2.84. The molecular weight excluding hydrogens is 404 g/mol. The van der Waals surface area contributed by atoms with Gasteiger partial charge in [0.05, 0.1) is 25.7 Å². The lowest BCUT2D eigenvalue weighted by atomic mass is 10.1. The van der Waals surface area contributed by atoms with Crippen molar-refractivity contribution < 1.29 is 22.7 Å². The summed E-state index contributed by atoms with van der Waals surface area (Å²) in [6.07, 6.45) is 0.491. The van der Waals surface area contributed by atoms with Crippen molar-refractivity contribution in [3.8, 4) is 11.5 Å². The average Bonchev–Trinajstić information content (AvgIpc) is 2.75. The first kappa shape index (κ1) is 23.7. The minimum Gasteiger partial charge on any atom is -0.493 e. The van der Waals surface area contributed by atoms with Gasteiger partial charge in [-0.1, -0.05) is 44.2 Å². The maximum Gasteiger partial charge on any atom is 0.243 e. The Hall–Kier alpha value is -2.58. The summed E-state index contributed by atoms with van der Waals surface area (Å²) in [7, 11) is -0.997. The van der Waals surface area contributed by atoms with E-state index in [1.54, 1.807) is 6.07 Å². The van der Waals surface area contributed by atoms with E-state index in [0.29, 0.717) is 24.5 Å². The lowest BCUT2D eigenvalue weighted by Crippen LogP contribution is -2.42. The minimum absolute atomic E-state index is 0.0462. The largest absolute Gasteiger partial charge is 0.493 e. The van der Waals surface area contributed by atoms with E-state index in [1.807, 2.05) is 44.2 Å². The lowest BCUT2D eigenvalue weighted by molar-refractivity contribution is -0.121. The number of hydrogen-bond donors (Lipinski definition) is 1. The van der Waals surface area contributed by atoms with E-state index < -0.39 is 10.0 Å². The number of nitrogens with zero attached hydrogens (tertiary/aromatic N) is 1. The molecule has 0 atom stereocenters. The van der Waals surface area contributed by atoms with E-state index in [9.17, 15) is 13.2 Å². The molecule has 0 aliphatic carbocycles. The van der Waals surface area contributed by atoms with Crippen molar-refractivity contribution in [1.82, 2.24) is 9.62 Å². The fraction of sp³-hybridized carbons (Fsp3) is 0.409. The van der Waals surface area contributed by atoms with Gasteiger partial charge >= 0.3 is 0 Å². The molecule has 0 fully saturated rings. The molecule has 0 bridgehead atoms. The molecule has 2 rings (SSSR count). The first-order valence-corrected chi connectivity index (χ1v) is 11.2. The van der Waals surface area contributed by atoms with E-state index in [-0.39, 0.29) is 29.8 Å². The number of nitrogens with one attached hydrogen (secondary N) is 1. The van der Waals surface area contributed by atoms with Crippen LogP contribution in [0.3, 0.4) is 0 Å². The molecule has 8 heteroatoms. The number of rotatable bonds is 11. The highest BCUT2D eigenvalue weighted by Gasteiger charge is 2.27. The van der Waals surface area contributed by atoms with Gasteiger partial charge in [0, 0.05) is 19.2 Å². The monoisotopic (exact) mass is 434 g/mol. The molecule has 2 aromatic rings. The second-order valence-corrected chi connectivity index (χ2v) is 9.23. The molecule has 7 nitrogen and oxygen atoms in total. The SMILES string of the molecule is COc1ccc(S(=O)(=O)N(CCc2ccccc2)CC(=O)NCC(C)C)cc1OC. The minimum atomic E-state index is -3.93. The van der Waals surface area contributed by atoms with Crippen molar-refractivity contribution in [1.29, 1.82) is 0 Å². The molecule has 30 heavy (non-hydrogen) atoms. The Labute approximate surface area is 179 Å². The number of sulfonamides is 1. The maximum atomic E-state index is 13.3. The molecule has 0 spiro atoms. The summed E-state index contributed by atoms with van der Waals surface area (Å²) in [6, 6.07) is 14.0. The van der Waals surface area contributed by atoms with Crippen molar-refractivity contribution in [2.75, 3.05) is 33.9 Å². The molecule has 0 saturated carbocycles. The van der Waals surface area contributed by atoms with Crippen LogP contribution in [0.2, 0.25) is 0 Å². The topological polar surface area (TPSA) is 84.9 Å². The summed E-state index contributed by atoms with van der Waals surface area (Å²) in [5.74, 6) is 0.683. The summed E-state index contributed by atoms with van der Waals surface area (Å²) in [5, 5.41) is 2.79. The maximum absolute atomic E-state index is 13.3. The Morgan fingerprint density at radius 3 is 2.30 bits per heavy atom.